The van der Waals surface area contributed by atoms with Crippen LogP contribution in [0, 0.1) is 0 Å². The van der Waals surface area contributed by atoms with Crippen LogP contribution in [0.2, 0.25) is 0 Å². The predicted octanol–water partition coefficient (Wildman–Crippen LogP) is 5.07. The Hall–Kier alpha value is -0.570. The Kier molecular flexibility index (Phi) is 7.59. The lowest BCUT2D eigenvalue weighted by Crippen LogP contribution is -2.38. The van der Waals surface area contributed by atoms with Crippen LogP contribution in [0.25, 0.3) is 0 Å². The van der Waals surface area contributed by atoms with E-state index in [0.29, 0.717) is 6.04 Å². The fraction of sp³-hybridized carbons (Fsp3) is 0.714. The molecule has 0 aromatic heterocycles. The Morgan fingerprint density at radius 3 is 2.50 bits per heavy atom. The van der Waals surface area contributed by atoms with Crippen molar-refractivity contribution in [3.63, 3.8) is 0 Å². The van der Waals surface area contributed by atoms with Crippen LogP contribution >= 0.6 is 12.4 Å². The number of halogens is 1. The van der Waals surface area contributed by atoms with Crippen molar-refractivity contribution in [2.45, 2.75) is 82.8 Å². The van der Waals surface area contributed by atoms with Gasteiger partial charge < -0.3 is 5.11 Å². The first-order chi connectivity index (χ1) is 11.2. The van der Waals surface area contributed by atoms with E-state index in [4.69, 9.17) is 0 Å². The van der Waals surface area contributed by atoms with Gasteiger partial charge in [0.25, 0.3) is 0 Å². The van der Waals surface area contributed by atoms with Gasteiger partial charge in [-0.2, -0.15) is 0 Å². The summed E-state index contributed by atoms with van der Waals surface area (Å²) < 4.78 is 0. The summed E-state index contributed by atoms with van der Waals surface area (Å²) in [4.78, 5) is 2.48. The highest BCUT2D eigenvalue weighted by Crippen LogP contribution is 2.42. The second-order valence-electron chi connectivity index (χ2n) is 7.58. The molecule has 0 spiro atoms. The molecule has 3 rings (SSSR count). The van der Waals surface area contributed by atoms with Gasteiger partial charge in [0.2, 0.25) is 0 Å². The number of hydrogen-bond donors (Lipinski definition) is 1. The second-order valence-corrected chi connectivity index (χ2v) is 7.58. The van der Waals surface area contributed by atoms with Crippen molar-refractivity contribution < 1.29 is 5.11 Å². The highest BCUT2D eigenvalue weighted by Gasteiger charge is 2.48. The lowest BCUT2D eigenvalue weighted by Gasteiger charge is -2.30. The van der Waals surface area contributed by atoms with Gasteiger partial charge in [-0.25, -0.2) is 0 Å². The summed E-state index contributed by atoms with van der Waals surface area (Å²) in [6.07, 6.45) is 12.6. The molecule has 2 nitrogen and oxygen atoms in total. The quantitative estimate of drug-likeness (QED) is 0.661. The summed E-state index contributed by atoms with van der Waals surface area (Å²) in [7, 11) is 0. The topological polar surface area (TPSA) is 23.5 Å². The molecule has 1 N–H and O–H groups in total. The van der Waals surface area contributed by atoms with Crippen LogP contribution in [0.1, 0.15) is 75.8 Å². The monoisotopic (exact) mass is 351 g/mol. The average Bonchev–Trinajstić information content (AvgIpc) is 3.16. The molecule has 0 aliphatic carbocycles. The standard InChI is InChI=1S/C21H33NO.ClH/c1-2-3-4-5-6-7-9-18-11-13-19(14-12-18)21(23)15-17-22-16-8-10-20(21)22;/h11-14,20,23H,2-10,15-17H2,1H3;1H/t20?,21-;/m1./s1. The smallest absolute Gasteiger partial charge is 0.106 e. The van der Waals surface area contributed by atoms with Crippen molar-refractivity contribution in [1.29, 1.82) is 0 Å². The molecule has 2 heterocycles. The van der Waals surface area contributed by atoms with E-state index in [-0.39, 0.29) is 12.4 Å². The molecule has 1 unspecified atom stereocenters. The van der Waals surface area contributed by atoms with Crippen molar-refractivity contribution in [3.05, 3.63) is 35.4 Å². The molecular weight excluding hydrogens is 318 g/mol. The van der Waals surface area contributed by atoms with E-state index >= 15 is 0 Å². The predicted molar refractivity (Wildman–Crippen MR) is 104 cm³/mol. The van der Waals surface area contributed by atoms with Gasteiger partial charge in [-0.05, 0) is 49.8 Å². The Balaban J connectivity index is 0.00000208. The van der Waals surface area contributed by atoms with Crippen molar-refractivity contribution in [2.24, 2.45) is 0 Å². The first-order valence-corrected chi connectivity index (χ1v) is 9.80. The van der Waals surface area contributed by atoms with Crippen LogP contribution in [0.3, 0.4) is 0 Å². The molecule has 24 heavy (non-hydrogen) atoms. The van der Waals surface area contributed by atoms with Gasteiger partial charge >= 0.3 is 0 Å². The normalized spacial score (nSPS) is 26.3. The van der Waals surface area contributed by atoms with Crippen molar-refractivity contribution in [3.8, 4) is 0 Å². The van der Waals surface area contributed by atoms with Crippen LogP contribution in [0.15, 0.2) is 24.3 Å². The Labute approximate surface area is 154 Å². The third-order valence-corrected chi connectivity index (χ3v) is 5.97. The number of nitrogens with zero attached hydrogens (tertiary/aromatic N) is 1. The summed E-state index contributed by atoms with van der Waals surface area (Å²) in [6, 6.07) is 9.23. The maximum atomic E-state index is 11.2. The first-order valence-electron chi connectivity index (χ1n) is 9.80. The number of aliphatic hydroxyl groups is 1. The summed E-state index contributed by atoms with van der Waals surface area (Å²) in [5.41, 5.74) is 1.96. The molecule has 2 aliphatic heterocycles. The van der Waals surface area contributed by atoms with Gasteiger partial charge in [0.15, 0.2) is 0 Å². The van der Waals surface area contributed by atoms with Gasteiger partial charge in [0.1, 0.15) is 5.60 Å². The van der Waals surface area contributed by atoms with Crippen LogP contribution in [0.4, 0.5) is 0 Å². The van der Waals surface area contributed by atoms with Gasteiger partial charge in [-0.15, -0.1) is 12.4 Å². The zero-order valence-corrected chi connectivity index (χ0v) is 16.0. The van der Waals surface area contributed by atoms with Crippen LogP contribution < -0.4 is 0 Å². The van der Waals surface area contributed by atoms with E-state index in [1.54, 1.807) is 0 Å². The lowest BCUT2D eigenvalue weighted by atomic mass is 9.85. The molecule has 0 bridgehead atoms. The molecule has 136 valence electrons. The Bertz CT molecular complexity index is 489. The van der Waals surface area contributed by atoms with Crippen LogP contribution in [-0.2, 0) is 12.0 Å². The number of rotatable bonds is 8. The molecule has 0 saturated carbocycles. The van der Waals surface area contributed by atoms with Crippen molar-refractivity contribution >= 4 is 12.4 Å². The second kappa shape index (κ2) is 9.22. The highest BCUT2D eigenvalue weighted by molar-refractivity contribution is 5.85. The molecular formula is C21H34ClNO. The van der Waals surface area contributed by atoms with Crippen LogP contribution in [-0.4, -0.2) is 29.1 Å². The number of hydrogen-bond acceptors (Lipinski definition) is 2. The third-order valence-electron chi connectivity index (χ3n) is 5.97. The number of benzene rings is 1. The molecule has 2 atom stereocenters. The molecule has 1 aromatic carbocycles. The number of aryl methyl sites for hydroxylation is 1. The fourth-order valence-corrected chi connectivity index (χ4v) is 4.52. The van der Waals surface area contributed by atoms with Gasteiger partial charge in [-0.3, -0.25) is 4.90 Å². The van der Waals surface area contributed by atoms with E-state index in [9.17, 15) is 5.11 Å². The SMILES string of the molecule is CCCCCCCCc1ccc([C@]2(O)CCN3CCCC32)cc1.Cl. The van der Waals surface area contributed by atoms with E-state index in [2.05, 4.69) is 36.1 Å². The summed E-state index contributed by atoms with van der Waals surface area (Å²) in [5.74, 6) is 0. The van der Waals surface area contributed by atoms with E-state index in [1.807, 2.05) is 0 Å². The summed E-state index contributed by atoms with van der Waals surface area (Å²) in [5, 5.41) is 11.2. The van der Waals surface area contributed by atoms with Crippen molar-refractivity contribution in [1.82, 2.24) is 4.90 Å². The van der Waals surface area contributed by atoms with Crippen molar-refractivity contribution in [2.75, 3.05) is 13.1 Å². The lowest BCUT2D eigenvalue weighted by molar-refractivity contribution is 0.00937. The molecule has 1 aromatic rings. The average molecular weight is 352 g/mol. The molecule has 0 radical (unpaired) electrons. The minimum absolute atomic E-state index is 0. The largest absolute Gasteiger partial charge is 0.383 e. The van der Waals surface area contributed by atoms with Crippen LogP contribution in [0.5, 0.6) is 0 Å². The highest BCUT2D eigenvalue weighted by atomic mass is 35.5. The maximum absolute atomic E-state index is 11.2. The van der Waals surface area contributed by atoms with E-state index < -0.39 is 5.60 Å². The molecule has 3 heteroatoms. The zero-order chi connectivity index (χ0) is 16.1. The third kappa shape index (κ3) is 4.33. The zero-order valence-electron chi connectivity index (χ0n) is 15.2. The number of unbranched alkanes of at least 4 members (excludes halogenated alkanes) is 5. The molecule has 2 fully saturated rings. The fourth-order valence-electron chi connectivity index (χ4n) is 4.52. The summed E-state index contributed by atoms with van der Waals surface area (Å²) >= 11 is 0. The minimum atomic E-state index is -0.602. The number of fused-ring (bicyclic) bond motifs is 1. The van der Waals surface area contributed by atoms with E-state index in [1.165, 1.54) is 63.5 Å². The van der Waals surface area contributed by atoms with Gasteiger partial charge in [0.05, 0.1) is 0 Å². The summed E-state index contributed by atoms with van der Waals surface area (Å²) in [6.45, 7) is 4.49. The first kappa shape index (κ1) is 19.8. The van der Waals surface area contributed by atoms with Gasteiger partial charge in [0, 0.05) is 12.6 Å². The Morgan fingerprint density at radius 1 is 1.04 bits per heavy atom. The Morgan fingerprint density at radius 2 is 1.75 bits per heavy atom. The molecule has 2 saturated heterocycles. The minimum Gasteiger partial charge on any atom is -0.383 e. The van der Waals surface area contributed by atoms with Gasteiger partial charge in [-0.1, -0.05) is 63.3 Å². The maximum Gasteiger partial charge on any atom is 0.106 e. The van der Waals surface area contributed by atoms with E-state index in [0.717, 1.165) is 24.9 Å². The molecule has 2 aliphatic rings. The molecule has 0 amide bonds.